The molecule has 0 saturated carbocycles. The maximum atomic E-state index is 11.4. The van der Waals surface area contributed by atoms with Gasteiger partial charge in [0.05, 0.1) is 0 Å². The lowest BCUT2D eigenvalue weighted by Crippen LogP contribution is -2.33. The minimum atomic E-state index is -0.421. The van der Waals surface area contributed by atoms with Crippen molar-refractivity contribution in [3.63, 3.8) is 0 Å². The van der Waals surface area contributed by atoms with Gasteiger partial charge in [0.25, 0.3) is 5.91 Å². The molecule has 0 aromatic heterocycles. The Balaban J connectivity index is 2.64. The van der Waals surface area contributed by atoms with Gasteiger partial charge in [-0.1, -0.05) is 23.8 Å². The Morgan fingerprint density at radius 1 is 1.24 bits per heavy atom. The molecule has 92 valence electrons. The van der Waals surface area contributed by atoms with Crippen LogP contribution >= 0.6 is 0 Å². The number of likely N-dealkylation sites (N-methyl/N-ethyl adjacent to an activating group) is 1. The standard InChI is InChI=1S/C14H19NO2/c1-10-5-6-11(2)13(9-10)7-8-15(4)14(17)12(3)16/h5-6,9H,7-8H2,1-4H3. The van der Waals surface area contributed by atoms with Crippen LogP contribution in [0.3, 0.4) is 0 Å². The van der Waals surface area contributed by atoms with Gasteiger partial charge in [-0.2, -0.15) is 0 Å². The lowest BCUT2D eigenvalue weighted by molar-refractivity contribution is -0.142. The molecule has 1 aromatic carbocycles. The number of hydrogen-bond donors (Lipinski definition) is 0. The number of hydrogen-bond acceptors (Lipinski definition) is 2. The fourth-order valence-electron chi connectivity index (χ4n) is 1.73. The van der Waals surface area contributed by atoms with E-state index in [2.05, 4.69) is 25.1 Å². The Hall–Kier alpha value is -1.64. The van der Waals surface area contributed by atoms with Crippen LogP contribution in [-0.2, 0) is 16.0 Å². The van der Waals surface area contributed by atoms with Crippen LogP contribution in [0.15, 0.2) is 18.2 Å². The van der Waals surface area contributed by atoms with Crippen LogP contribution in [0.1, 0.15) is 23.6 Å². The van der Waals surface area contributed by atoms with E-state index in [0.717, 1.165) is 6.42 Å². The first-order valence-electron chi connectivity index (χ1n) is 5.74. The number of aryl methyl sites for hydroxylation is 2. The molecule has 0 aliphatic rings. The largest absolute Gasteiger partial charge is 0.339 e. The molecule has 1 rings (SSSR count). The van der Waals surface area contributed by atoms with E-state index in [1.54, 1.807) is 7.05 Å². The first-order chi connectivity index (χ1) is 7.91. The number of nitrogens with zero attached hydrogens (tertiary/aromatic N) is 1. The Kier molecular flexibility index (Phi) is 4.44. The SMILES string of the molecule is CC(=O)C(=O)N(C)CCc1cc(C)ccc1C. The molecule has 0 N–H and O–H groups in total. The summed E-state index contributed by atoms with van der Waals surface area (Å²) < 4.78 is 0. The number of rotatable bonds is 4. The summed E-state index contributed by atoms with van der Waals surface area (Å²) in [7, 11) is 1.66. The van der Waals surface area contributed by atoms with Crippen LogP contribution in [0.4, 0.5) is 0 Å². The average molecular weight is 233 g/mol. The number of ketones is 1. The zero-order valence-corrected chi connectivity index (χ0v) is 10.9. The summed E-state index contributed by atoms with van der Waals surface area (Å²) in [6, 6.07) is 6.28. The van der Waals surface area contributed by atoms with Gasteiger partial charge in [0, 0.05) is 20.5 Å². The summed E-state index contributed by atoms with van der Waals surface area (Å²) in [5.74, 6) is -0.830. The Bertz CT molecular complexity index is 438. The lowest BCUT2D eigenvalue weighted by atomic mass is 10.0. The number of carbonyl (C=O) groups excluding carboxylic acids is 2. The van der Waals surface area contributed by atoms with Crippen molar-refractivity contribution >= 4 is 11.7 Å². The van der Waals surface area contributed by atoms with Crippen LogP contribution < -0.4 is 0 Å². The van der Waals surface area contributed by atoms with E-state index in [9.17, 15) is 9.59 Å². The monoisotopic (exact) mass is 233 g/mol. The fourth-order valence-corrected chi connectivity index (χ4v) is 1.73. The molecule has 1 amide bonds. The highest BCUT2D eigenvalue weighted by atomic mass is 16.2. The molecule has 0 aliphatic carbocycles. The first kappa shape index (κ1) is 13.4. The van der Waals surface area contributed by atoms with Gasteiger partial charge in [-0.05, 0) is 31.4 Å². The lowest BCUT2D eigenvalue weighted by Gasteiger charge is -2.16. The summed E-state index contributed by atoms with van der Waals surface area (Å²) in [6.07, 6.45) is 0.781. The summed E-state index contributed by atoms with van der Waals surface area (Å²) in [4.78, 5) is 23.8. The summed E-state index contributed by atoms with van der Waals surface area (Å²) in [6.45, 7) is 5.98. The number of Topliss-reactive ketones (excluding diaryl/α,β-unsaturated/α-hetero) is 1. The summed E-state index contributed by atoms with van der Waals surface area (Å²) >= 11 is 0. The van der Waals surface area contributed by atoms with Gasteiger partial charge in [-0.3, -0.25) is 9.59 Å². The van der Waals surface area contributed by atoms with Crippen molar-refractivity contribution in [2.24, 2.45) is 0 Å². The Labute approximate surface area is 102 Å². The number of carbonyl (C=O) groups is 2. The molecule has 0 aliphatic heterocycles. The number of amides is 1. The predicted octanol–water partition coefficient (Wildman–Crippen LogP) is 1.89. The summed E-state index contributed by atoms with van der Waals surface area (Å²) in [5.41, 5.74) is 3.67. The molecular weight excluding hydrogens is 214 g/mol. The second kappa shape index (κ2) is 5.62. The third-order valence-electron chi connectivity index (χ3n) is 2.87. The van der Waals surface area contributed by atoms with Crippen molar-refractivity contribution in [2.45, 2.75) is 27.2 Å². The Morgan fingerprint density at radius 2 is 1.88 bits per heavy atom. The van der Waals surface area contributed by atoms with Crippen molar-refractivity contribution < 1.29 is 9.59 Å². The maximum absolute atomic E-state index is 11.4. The van der Waals surface area contributed by atoms with E-state index >= 15 is 0 Å². The minimum Gasteiger partial charge on any atom is -0.339 e. The van der Waals surface area contributed by atoms with Gasteiger partial charge < -0.3 is 4.90 Å². The molecule has 0 radical (unpaired) electrons. The van der Waals surface area contributed by atoms with Crippen molar-refractivity contribution in [1.29, 1.82) is 0 Å². The fraction of sp³-hybridized carbons (Fsp3) is 0.429. The summed E-state index contributed by atoms with van der Waals surface area (Å²) in [5, 5.41) is 0. The van der Waals surface area contributed by atoms with E-state index in [4.69, 9.17) is 0 Å². The third kappa shape index (κ3) is 3.70. The molecule has 0 spiro atoms. The molecule has 0 atom stereocenters. The molecule has 0 unspecified atom stereocenters. The maximum Gasteiger partial charge on any atom is 0.289 e. The Morgan fingerprint density at radius 3 is 2.47 bits per heavy atom. The zero-order valence-electron chi connectivity index (χ0n) is 10.9. The molecule has 0 heterocycles. The smallest absolute Gasteiger partial charge is 0.289 e. The molecule has 3 nitrogen and oxygen atoms in total. The van der Waals surface area contributed by atoms with Gasteiger partial charge >= 0.3 is 0 Å². The van der Waals surface area contributed by atoms with Gasteiger partial charge in [0.1, 0.15) is 0 Å². The zero-order chi connectivity index (χ0) is 13.0. The third-order valence-corrected chi connectivity index (χ3v) is 2.87. The van der Waals surface area contributed by atoms with E-state index in [1.165, 1.54) is 28.5 Å². The molecular formula is C14H19NO2. The quantitative estimate of drug-likeness (QED) is 0.745. The van der Waals surface area contributed by atoms with Crippen LogP contribution in [0, 0.1) is 13.8 Å². The van der Waals surface area contributed by atoms with Crippen molar-refractivity contribution in [3.8, 4) is 0 Å². The van der Waals surface area contributed by atoms with Gasteiger partial charge in [-0.25, -0.2) is 0 Å². The van der Waals surface area contributed by atoms with E-state index < -0.39 is 11.7 Å². The van der Waals surface area contributed by atoms with Crippen LogP contribution in [0.5, 0.6) is 0 Å². The molecule has 0 fully saturated rings. The highest BCUT2D eigenvalue weighted by Crippen LogP contribution is 2.11. The van der Waals surface area contributed by atoms with E-state index in [0.29, 0.717) is 6.54 Å². The average Bonchev–Trinajstić information content (AvgIpc) is 2.28. The van der Waals surface area contributed by atoms with Crippen LogP contribution in [0.2, 0.25) is 0 Å². The highest BCUT2D eigenvalue weighted by Gasteiger charge is 2.13. The second-order valence-corrected chi connectivity index (χ2v) is 4.46. The van der Waals surface area contributed by atoms with Crippen LogP contribution in [-0.4, -0.2) is 30.2 Å². The first-order valence-corrected chi connectivity index (χ1v) is 5.74. The molecule has 0 saturated heterocycles. The highest BCUT2D eigenvalue weighted by molar-refractivity contribution is 6.34. The van der Waals surface area contributed by atoms with Crippen molar-refractivity contribution in [3.05, 3.63) is 34.9 Å². The van der Waals surface area contributed by atoms with Crippen molar-refractivity contribution in [1.82, 2.24) is 4.90 Å². The molecule has 1 aromatic rings. The van der Waals surface area contributed by atoms with Crippen molar-refractivity contribution in [2.75, 3.05) is 13.6 Å². The predicted molar refractivity (Wildman–Crippen MR) is 67.9 cm³/mol. The topological polar surface area (TPSA) is 37.4 Å². The second-order valence-electron chi connectivity index (χ2n) is 4.46. The van der Waals surface area contributed by atoms with E-state index in [1.807, 2.05) is 6.92 Å². The van der Waals surface area contributed by atoms with Gasteiger partial charge in [0.2, 0.25) is 5.78 Å². The normalized spacial score (nSPS) is 10.1. The molecule has 17 heavy (non-hydrogen) atoms. The molecule has 3 heteroatoms. The number of benzene rings is 1. The minimum absolute atomic E-state index is 0.409. The van der Waals surface area contributed by atoms with Gasteiger partial charge in [-0.15, -0.1) is 0 Å². The van der Waals surface area contributed by atoms with Crippen LogP contribution in [0.25, 0.3) is 0 Å². The molecule has 0 bridgehead atoms. The van der Waals surface area contributed by atoms with Gasteiger partial charge in [0.15, 0.2) is 0 Å². The van der Waals surface area contributed by atoms with E-state index in [-0.39, 0.29) is 0 Å².